The molecular weight excluding hydrogens is 280 g/mol. The Balaban J connectivity index is 2.39. The molecule has 2 heterocycles. The highest BCUT2D eigenvalue weighted by molar-refractivity contribution is 7.93. The van der Waals surface area contributed by atoms with Crippen molar-refractivity contribution in [1.82, 2.24) is 4.90 Å². The van der Waals surface area contributed by atoms with Crippen LogP contribution in [0.2, 0.25) is 0 Å². The van der Waals surface area contributed by atoms with Gasteiger partial charge >= 0.3 is 0 Å². The van der Waals surface area contributed by atoms with Crippen molar-refractivity contribution in [1.29, 1.82) is 0 Å². The van der Waals surface area contributed by atoms with Gasteiger partial charge in [0.25, 0.3) is 0 Å². The molecule has 7 nitrogen and oxygen atoms in total. The Morgan fingerprint density at radius 3 is 2.65 bits per heavy atom. The molecule has 2 N–H and O–H groups in total. The predicted octanol–water partition coefficient (Wildman–Crippen LogP) is -0.228. The third kappa shape index (κ3) is 1.85. The maximum Gasteiger partial charge on any atom is 0.227 e. The number of carbonyl (C=O) groups is 1. The standard InChI is InChI=1S/C12H20N4O3S/c1-8(2)11-12(3,7-14-4-5-15-13)20(18,19)10-6-9(17)16(10)11/h4-5,8,10-11H,6-7,13H2,1-3H3/t10-,11+,12?/m1/s1. The molecule has 0 radical (unpaired) electrons. The fourth-order valence-corrected chi connectivity index (χ4v) is 5.81. The molecule has 2 aliphatic heterocycles. The molecule has 1 unspecified atom stereocenters. The summed E-state index contributed by atoms with van der Waals surface area (Å²) < 4.78 is 24.3. The molecule has 0 aliphatic carbocycles. The smallest absolute Gasteiger partial charge is 0.227 e. The number of carbonyl (C=O) groups excluding carboxylic acids is 1. The normalized spacial score (nSPS) is 36.0. The summed E-state index contributed by atoms with van der Waals surface area (Å²) in [5, 5.41) is 2.60. The van der Waals surface area contributed by atoms with Crippen LogP contribution in [0, 0.1) is 5.92 Å². The van der Waals surface area contributed by atoms with Gasteiger partial charge in [-0.2, -0.15) is 5.10 Å². The Hall–Kier alpha value is -1.44. The van der Waals surface area contributed by atoms with E-state index in [0.717, 1.165) is 0 Å². The van der Waals surface area contributed by atoms with Crippen molar-refractivity contribution < 1.29 is 13.2 Å². The zero-order valence-electron chi connectivity index (χ0n) is 11.9. The molecule has 2 rings (SSSR count). The van der Waals surface area contributed by atoms with Gasteiger partial charge in [0.2, 0.25) is 5.91 Å². The molecule has 2 saturated heterocycles. The van der Waals surface area contributed by atoms with Crippen LogP contribution in [-0.4, -0.2) is 54.4 Å². The van der Waals surface area contributed by atoms with Crippen molar-refractivity contribution in [2.45, 2.75) is 43.4 Å². The summed E-state index contributed by atoms with van der Waals surface area (Å²) in [6.45, 7) is 5.63. The van der Waals surface area contributed by atoms with E-state index in [1.165, 1.54) is 17.3 Å². The lowest BCUT2D eigenvalue weighted by Gasteiger charge is -2.40. The molecule has 2 aliphatic rings. The van der Waals surface area contributed by atoms with Gasteiger partial charge in [-0.05, 0) is 12.8 Å². The monoisotopic (exact) mass is 300 g/mol. The molecule has 0 aromatic carbocycles. The van der Waals surface area contributed by atoms with E-state index in [4.69, 9.17) is 5.84 Å². The van der Waals surface area contributed by atoms with Crippen LogP contribution < -0.4 is 5.84 Å². The van der Waals surface area contributed by atoms with Gasteiger partial charge < -0.3 is 10.7 Å². The van der Waals surface area contributed by atoms with Gasteiger partial charge in [-0.15, -0.1) is 0 Å². The number of β-lactam (4-membered cyclic amide) rings is 1. The van der Waals surface area contributed by atoms with Crippen LogP contribution in [0.4, 0.5) is 0 Å². The summed E-state index contributed by atoms with van der Waals surface area (Å²) in [5.41, 5.74) is 0. The van der Waals surface area contributed by atoms with Gasteiger partial charge in [0.05, 0.1) is 25.2 Å². The number of aliphatic imine (C=N–C) groups is 1. The third-order valence-electron chi connectivity index (χ3n) is 4.18. The van der Waals surface area contributed by atoms with Crippen molar-refractivity contribution in [2.75, 3.05) is 6.54 Å². The lowest BCUT2D eigenvalue weighted by Crippen LogP contribution is -2.56. The Morgan fingerprint density at radius 1 is 1.50 bits per heavy atom. The molecule has 0 aromatic rings. The molecule has 3 atom stereocenters. The minimum absolute atomic E-state index is 0.0439. The van der Waals surface area contributed by atoms with E-state index in [-0.39, 0.29) is 30.8 Å². The molecule has 1 amide bonds. The zero-order valence-corrected chi connectivity index (χ0v) is 12.7. The molecule has 0 aromatic heterocycles. The van der Waals surface area contributed by atoms with Gasteiger partial charge in [0, 0.05) is 6.21 Å². The first-order valence-electron chi connectivity index (χ1n) is 6.53. The van der Waals surface area contributed by atoms with E-state index in [1.807, 2.05) is 13.8 Å². The Morgan fingerprint density at radius 2 is 2.15 bits per heavy atom. The number of hydrazone groups is 1. The maximum atomic E-state index is 12.7. The Kier molecular flexibility index (Phi) is 3.62. The SMILES string of the molecule is CC(C)[C@@H]1N2C(=O)C[C@H]2S(=O)(=O)C1(C)CN=CC=NN. The van der Waals surface area contributed by atoms with E-state index in [0.29, 0.717) is 0 Å². The van der Waals surface area contributed by atoms with Crippen LogP contribution in [0.1, 0.15) is 27.2 Å². The second-order valence-corrected chi connectivity index (χ2v) is 8.36. The first-order valence-corrected chi connectivity index (χ1v) is 8.08. The van der Waals surface area contributed by atoms with Crippen molar-refractivity contribution in [3.05, 3.63) is 0 Å². The molecular formula is C12H20N4O3S. The second-order valence-electron chi connectivity index (χ2n) is 5.79. The van der Waals surface area contributed by atoms with Gasteiger partial charge in [-0.25, -0.2) is 8.42 Å². The minimum Gasteiger partial charge on any atom is -0.323 e. The molecule has 0 spiro atoms. The van der Waals surface area contributed by atoms with Crippen LogP contribution in [-0.2, 0) is 14.6 Å². The fourth-order valence-electron chi connectivity index (χ4n) is 3.30. The number of amides is 1. The van der Waals surface area contributed by atoms with Crippen LogP contribution in [0.25, 0.3) is 0 Å². The number of hydrogen-bond donors (Lipinski definition) is 1. The van der Waals surface area contributed by atoms with E-state index in [9.17, 15) is 13.2 Å². The summed E-state index contributed by atoms with van der Waals surface area (Å²) >= 11 is 0. The highest BCUT2D eigenvalue weighted by atomic mass is 32.2. The van der Waals surface area contributed by atoms with Crippen LogP contribution in [0.5, 0.6) is 0 Å². The predicted molar refractivity (Wildman–Crippen MR) is 77.2 cm³/mol. The number of sulfone groups is 1. The lowest BCUT2D eigenvalue weighted by molar-refractivity contribution is -0.145. The van der Waals surface area contributed by atoms with E-state index in [2.05, 4.69) is 10.1 Å². The molecule has 0 saturated carbocycles. The van der Waals surface area contributed by atoms with E-state index < -0.39 is 20.0 Å². The van der Waals surface area contributed by atoms with Gasteiger partial charge in [-0.3, -0.25) is 9.79 Å². The number of hydrogen-bond acceptors (Lipinski definition) is 6. The Bertz CT molecular complexity index is 569. The largest absolute Gasteiger partial charge is 0.323 e. The number of nitrogens with zero attached hydrogens (tertiary/aromatic N) is 3. The molecule has 0 bridgehead atoms. The van der Waals surface area contributed by atoms with Crippen LogP contribution >= 0.6 is 0 Å². The highest BCUT2D eigenvalue weighted by Gasteiger charge is 2.67. The summed E-state index contributed by atoms with van der Waals surface area (Å²) in [7, 11) is -3.43. The summed E-state index contributed by atoms with van der Waals surface area (Å²) in [4.78, 5) is 17.4. The summed E-state index contributed by atoms with van der Waals surface area (Å²) in [6.07, 6.45) is 2.78. The maximum absolute atomic E-state index is 12.7. The van der Waals surface area contributed by atoms with E-state index in [1.54, 1.807) is 6.92 Å². The van der Waals surface area contributed by atoms with Crippen LogP contribution in [0.15, 0.2) is 10.1 Å². The Labute approximate surface area is 118 Å². The fraction of sp³-hybridized carbons (Fsp3) is 0.750. The second kappa shape index (κ2) is 4.83. The lowest BCUT2D eigenvalue weighted by atomic mass is 9.87. The van der Waals surface area contributed by atoms with Crippen molar-refractivity contribution >= 4 is 28.2 Å². The molecule has 8 heteroatoms. The number of fused-ring (bicyclic) bond motifs is 1. The molecule has 2 fully saturated rings. The van der Waals surface area contributed by atoms with Crippen LogP contribution in [0.3, 0.4) is 0 Å². The zero-order chi connectivity index (χ0) is 15.1. The minimum atomic E-state index is -3.43. The van der Waals surface area contributed by atoms with Gasteiger partial charge in [0.1, 0.15) is 10.1 Å². The number of rotatable bonds is 4. The quantitative estimate of drug-likeness (QED) is 0.335. The van der Waals surface area contributed by atoms with Gasteiger partial charge in [0.15, 0.2) is 9.84 Å². The van der Waals surface area contributed by atoms with Crippen molar-refractivity contribution in [3.8, 4) is 0 Å². The average molecular weight is 300 g/mol. The van der Waals surface area contributed by atoms with E-state index >= 15 is 0 Å². The van der Waals surface area contributed by atoms with Crippen molar-refractivity contribution in [2.24, 2.45) is 21.9 Å². The van der Waals surface area contributed by atoms with Crippen molar-refractivity contribution in [3.63, 3.8) is 0 Å². The topological polar surface area (TPSA) is 105 Å². The first-order chi connectivity index (χ1) is 9.27. The highest BCUT2D eigenvalue weighted by Crippen LogP contribution is 2.48. The average Bonchev–Trinajstić information content (AvgIpc) is 2.49. The number of nitrogens with two attached hydrogens (primary N) is 1. The summed E-state index contributed by atoms with van der Waals surface area (Å²) in [5.74, 6) is 4.92. The third-order valence-corrected chi connectivity index (χ3v) is 6.96. The molecule has 20 heavy (non-hydrogen) atoms. The van der Waals surface area contributed by atoms with Gasteiger partial charge in [-0.1, -0.05) is 13.8 Å². The first kappa shape index (κ1) is 15.0. The molecule has 112 valence electrons. The summed E-state index contributed by atoms with van der Waals surface area (Å²) in [6, 6.07) is -0.342.